The molecule has 2 aliphatic rings. The van der Waals surface area contributed by atoms with Crippen LogP contribution in [0.5, 0.6) is 0 Å². The van der Waals surface area contributed by atoms with Crippen molar-refractivity contribution in [2.45, 2.75) is 46.2 Å². The molecule has 2 saturated heterocycles. The van der Waals surface area contributed by atoms with Crippen LogP contribution in [0.25, 0.3) is 0 Å². The molecule has 2 heterocycles. The van der Waals surface area contributed by atoms with E-state index in [-0.39, 0.29) is 13.2 Å². The van der Waals surface area contributed by atoms with Crippen LogP contribution in [0, 0.1) is 0 Å². The van der Waals surface area contributed by atoms with Gasteiger partial charge >= 0.3 is 15.6 Å². The predicted octanol–water partition coefficient (Wildman–Crippen LogP) is 3.12. The minimum absolute atomic E-state index is 0.199. The number of hydrogen-bond acceptors (Lipinski definition) is 8. The first-order chi connectivity index (χ1) is 16.2. The third-order valence-electron chi connectivity index (χ3n) is 4.87. The van der Waals surface area contributed by atoms with E-state index in [2.05, 4.69) is 16.1 Å². The highest BCUT2D eigenvalue weighted by atomic mass is 35.6. The molecule has 2 aliphatic heterocycles. The molecule has 3 rings (SSSR count). The summed E-state index contributed by atoms with van der Waals surface area (Å²) in [6.07, 6.45) is -6.06. The second-order valence-corrected chi connectivity index (χ2v) is 11.1. The number of carbonyl (C=O) groups excluding carboxylic acids is 1. The molecule has 0 spiro atoms. The van der Waals surface area contributed by atoms with E-state index >= 15 is 0 Å². The normalized spacial score (nSPS) is 29.8. The molecule has 16 heteroatoms. The standard InChI is InChI=1S/C19H19Cl3F3NO8S/c1-2-8-30-16-12(26-17(27)18(20,21)22)14(34-35(28,29)19(23,24)25)13-11(32-16)9-31-15(33-13)10-6-4-3-5-7-10/h2-7,11-16H,1,8-9H2,(H,26,27)/t11-,12-,13-,14-,15?,16+/m1/s1. The highest BCUT2D eigenvalue weighted by Crippen LogP contribution is 2.38. The van der Waals surface area contributed by atoms with Crippen molar-refractivity contribution in [1.82, 2.24) is 5.32 Å². The molecular weight excluding hydrogens is 566 g/mol. The molecule has 2 fully saturated rings. The number of nitrogens with one attached hydrogen (secondary N) is 1. The van der Waals surface area contributed by atoms with Crippen molar-refractivity contribution in [2.24, 2.45) is 0 Å². The number of hydrogen-bond donors (Lipinski definition) is 1. The van der Waals surface area contributed by atoms with Gasteiger partial charge in [0.2, 0.25) is 0 Å². The van der Waals surface area contributed by atoms with Gasteiger partial charge in [0.25, 0.3) is 9.70 Å². The summed E-state index contributed by atoms with van der Waals surface area (Å²) in [6, 6.07) is 6.55. The monoisotopic (exact) mass is 583 g/mol. The van der Waals surface area contributed by atoms with Gasteiger partial charge in [-0.15, -0.1) is 6.58 Å². The molecule has 0 radical (unpaired) electrons. The maximum absolute atomic E-state index is 13.2. The van der Waals surface area contributed by atoms with Crippen molar-refractivity contribution in [2.75, 3.05) is 13.2 Å². The summed E-state index contributed by atoms with van der Waals surface area (Å²) in [5.41, 5.74) is -5.30. The number of ether oxygens (including phenoxy) is 4. The lowest BCUT2D eigenvalue weighted by molar-refractivity contribution is -0.340. The van der Waals surface area contributed by atoms with Gasteiger partial charge in [0.15, 0.2) is 12.6 Å². The molecule has 1 N–H and O–H groups in total. The summed E-state index contributed by atoms with van der Waals surface area (Å²) in [6.45, 7) is 3.01. The molecule has 1 aromatic carbocycles. The summed E-state index contributed by atoms with van der Waals surface area (Å²) < 4.78 is 88.1. The van der Waals surface area contributed by atoms with Gasteiger partial charge < -0.3 is 24.3 Å². The Bertz CT molecular complexity index is 1010. The molecule has 196 valence electrons. The molecule has 9 nitrogen and oxygen atoms in total. The summed E-state index contributed by atoms with van der Waals surface area (Å²) >= 11 is 16.7. The number of alkyl halides is 6. The van der Waals surface area contributed by atoms with Crippen molar-refractivity contribution in [3.63, 3.8) is 0 Å². The van der Waals surface area contributed by atoms with E-state index in [9.17, 15) is 26.4 Å². The summed E-state index contributed by atoms with van der Waals surface area (Å²) in [4.78, 5) is 12.4. The van der Waals surface area contributed by atoms with Crippen molar-refractivity contribution in [3.8, 4) is 0 Å². The van der Waals surface area contributed by atoms with Gasteiger partial charge in [-0.3, -0.25) is 8.98 Å². The largest absolute Gasteiger partial charge is 0.523 e. The van der Waals surface area contributed by atoms with Crippen LogP contribution in [0.2, 0.25) is 0 Å². The Balaban J connectivity index is 2.01. The molecule has 1 amide bonds. The molecule has 1 aromatic rings. The van der Waals surface area contributed by atoms with Crippen LogP contribution in [0.1, 0.15) is 11.9 Å². The maximum atomic E-state index is 13.2. The van der Waals surface area contributed by atoms with Gasteiger partial charge in [-0.05, 0) is 0 Å². The maximum Gasteiger partial charge on any atom is 0.523 e. The van der Waals surface area contributed by atoms with Gasteiger partial charge in [0.05, 0.1) is 13.2 Å². The van der Waals surface area contributed by atoms with Crippen molar-refractivity contribution in [1.29, 1.82) is 0 Å². The number of rotatable bonds is 7. The topological polar surface area (TPSA) is 109 Å². The van der Waals surface area contributed by atoms with Crippen molar-refractivity contribution >= 4 is 50.8 Å². The van der Waals surface area contributed by atoms with Crippen LogP contribution in [0.4, 0.5) is 13.2 Å². The number of carbonyl (C=O) groups is 1. The second-order valence-electron chi connectivity index (χ2n) is 7.30. The van der Waals surface area contributed by atoms with Gasteiger partial charge in [0.1, 0.15) is 24.4 Å². The fourth-order valence-electron chi connectivity index (χ4n) is 3.36. The number of benzene rings is 1. The number of amides is 1. The Morgan fingerprint density at radius 3 is 2.43 bits per heavy atom. The van der Waals surface area contributed by atoms with E-state index in [0.29, 0.717) is 5.56 Å². The quantitative estimate of drug-likeness (QED) is 0.225. The molecule has 0 aliphatic carbocycles. The Labute approximate surface area is 213 Å². The van der Waals surface area contributed by atoms with Gasteiger partial charge in [-0.2, -0.15) is 21.6 Å². The first kappa shape index (κ1) is 28.4. The van der Waals surface area contributed by atoms with Gasteiger partial charge in [-0.1, -0.05) is 71.2 Å². The highest BCUT2D eigenvalue weighted by Gasteiger charge is 2.57. The first-order valence-electron chi connectivity index (χ1n) is 9.82. The SMILES string of the molecule is C=CCO[C@H]1O[C@@H]2COC(c3ccccc3)O[C@H]2[C@H](OS(=O)(=O)C(F)(F)F)[C@H]1NC(=O)C(Cl)(Cl)Cl. The molecule has 0 bridgehead atoms. The van der Waals surface area contributed by atoms with E-state index in [1.54, 1.807) is 30.3 Å². The third-order valence-corrected chi connectivity index (χ3v) is 6.42. The van der Waals surface area contributed by atoms with Crippen LogP contribution in [0.3, 0.4) is 0 Å². The minimum Gasteiger partial charge on any atom is -0.346 e. The van der Waals surface area contributed by atoms with Crippen LogP contribution in [-0.2, 0) is 38.0 Å². The molecular formula is C19H19Cl3F3NO8S. The summed E-state index contributed by atoms with van der Waals surface area (Å²) in [7, 11) is -6.18. The van der Waals surface area contributed by atoms with E-state index < -0.39 is 62.3 Å². The van der Waals surface area contributed by atoms with E-state index in [1.807, 2.05) is 0 Å². The van der Waals surface area contributed by atoms with Crippen LogP contribution in [-0.4, -0.2) is 67.5 Å². The first-order valence-corrected chi connectivity index (χ1v) is 12.4. The fraction of sp³-hybridized carbons (Fsp3) is 0.526. The highest BCUT2D eigenvalue weighted by molar-refractivity contribution is 7.87. The Hall–Kier alpha value is -1.16. The Kier molecular flexibility index (Phi) is 8.99. The van der Waals surface area contributed by atoms with Gasteiger partial charge in [-0.25, -0.2) is 0 Å². The lowest BCUT2D eigenvalue weighted by atomic mass is 9.95. The zero-order chi connectivity index (χ0) is 26.0. The van der Waals surface area contributed by atoms with Crippen molar-refractivity contribution < 1.29 is 49.5 Å². The summed E-state index contributed by atoms with van der Waals surface area (Å²) in [5.74, 6) is -1.30. The molecule has 0 aromatic heterocycles. The number of fused-ring (bicyclic) bond motifs is 1. The van der Waals surface area contributed by atoms with E-state index in [4.69, 9.17) is 53.8 Å². The van der Waals surface area contributed by atoms with Crippen LogP contribution >= 0.6 is 34.8 Å². The zero-order valence-corrected chi connectivity index (χ0v) is 20.6. The van der Waals surface area contributed by atoms with E-state index in [0.717, 1.165) is 0 Å². The fourth-order valence-corrected chi connectivity index (χ4v) is 4.15. The van der Waals surface area contributed by atoms with Crippen LogP contribution in [0.15, 0.2) is 43.0 Å². The lowest BCUT2D eigenvalue weighted by Crippen LogP contribution is -2.68. The van der Waals surface area contributed by atoms with E-state index in [1.165, 1.54) is 6.08 Å². The third kappa shape index (κ3) is 6.79. The number of halogens is 6. The molecule has 0 saturated carbocycles. The average Bonchev–Trinajstić information content (AvgIpc) is 2.78. The van der Waals surface area contributed by atoms with Gasteiger partial charge in [0, 0.05) is 5.56 Å². The second kappa shape index (κ2) is 11.1. The lowest BCUT2D eigenvalue weighted by Gasteiger charge is -2.48. The minimum atomic E-state index is -6.18. The Morgan fingerprint density at radius 2 is 1.86 bits per heavy atom. The Morgan fingerprint density at radius 1 is 1.20 bits per heavy atom. The summed E-state index contributed by atoms with van der Waals surface area (Å²) in [5, 5.41) is 2.13. The molecule has 6 atom stereocenters. The zero-order valence-electron chi connectivity index (χ0n) is 17.5. The molecule has 35 heavy (non-hydrogen) atoms. The smallest absolute Gasteiger partial charge is 0.346 e. The molecule has 1 unspecified atom stereocenters. The van der Waals surface area contributed by atoms with Crippen LogP contribution < -0.4 is 5.32 Å². The predicted molar refractivity (Wildman–Crippen MR) is 117 cm³/mol. The average molecular weight is 585 g/mol. The van der Waals surface area contributed by atoms with Crippen molar-refractivity contribution in [3.05, 3.63) is 48.6 Å².